The number of rotatable bonds is 8. The number of nitrogens with zero attached hydrogens (tertiary/aromatic N) is 3. The molecule has 3 amide bonds. The SMILES string of the molecule is CCCCNC(=O)N1CCN(CCN(CC2=CCC3CC2C3(C)C)C(=O)C(C)(C)C)CC1. The van der Waals surface area contributed by atoms with E-state index in [4.69, 9.17) is 0 Å². The highest BCUT2D eigenvalue weighted by atomic mass is 16.2. The van der Waals surface area contributed by atoms with Crippen LogP contribution in [0.25, 0.3) is 0 Å². The van der Waals surface area contributed by atoms with Gasteiger partial charge < -0.3 is 15.1 Å². The van der Waals surface area contributed by atoms with Crippen molar-refractivity contribution in [1.82, 2.24) is 20.0 Å². The van der Waals surface area contributed by atoms with Gasteiger partial charge in [-0.3, -0.25) is 9.69 Å². The minimum Gasteiger partial charge on any atom is -0.338 e. The summed E-state index contributed by atoms with van der Waals surface area (Å²) in [6, 6.07) is 0.0632. The molecule has 1 N–H and O–H groups in total. The van der Waals surface area contributed by atoms with Gasteiger partial charge in [-0.05, 0) is 36.5 Å². The second kappa shape index (κ2) is 10.1. The molecule has 1 heterocycles. The van der Waals surface area contributed by atoms with Gasteiger partial charge in [-0.25, -0.2) is 4.79 Å². The van der Waals surface area contributed by atoms with E-state index in [0.29, 0.717) is 11.3 Å². The van der Waals surface area contributed by atoms with Gasteiger partial charge >= 0.3 is 6.03 Å². The number of fused-ring (bicyclic) bond motifs is 1. The molecule has 2 fully saturated rings. The molecule has 1 saturated heterocycles. The Labute approximate surface area is 195 Å². The van der Waals surface area contributed by atoms with Gasteiger partial charge in [-0.15, -0.1) is 0 Å². The summed E-state index contributed by atoms with van der Waals surface area (Å²) in [7, 11) is 0. The van der Waals surface area contributed by atoms with Crippen LogP contribution in [-0.4, -0.2) is 79.0 Å². The van der Waals surface area contributed by atoms with E-state index in [2.05, 4.69) is 42.0 Å². The van der Waals surface area contributed by atoms with Crippen molar-refractivity contribution in [3.8, 4) is 0 Å². The minimum atomic E-state index is -0.373. The summed E-state index contributed by atoms with van der Waals surface area (Å²) in [6.45, 7) is 19.4. The largest absolute Gasteiger partial charge is 0.338 e. The highest BCUT2D eigenvalue weighted by Crippen LogP contribution is 2.59. The molecular formula is C26H46N4O2. The first-order valence-electron chi connectivity index (χ1n) is 12.8. The normalized spacial score (nSPS) is 25.1. The van der Waals surface area contributed by atoms with E-state index < -0.39 is 0 Å². The van der Waals surface area contributed by atoms with Gasteiger partial charge in [-0.2, -0.15) is 0 Å². The maximum Gasteiger partial charge on any atom is 0.317 e. The lowest BCUT2D eigenvalue weighted by Crippen LogP contribution is -2.54. The fourth-order valence-corrected chi connectivity index (χ4v) is 5.52. The van der Waals surface area contributed by atoms with Crippen molar-refractivity contribution in [2.75, 3.05) is 52.4 Å². The Bertz CT molecular complexity index is 701. The van der Waals surface area contributed by atoms with Crippen molar-refractivity contribution in [2.24, 2.45) is 22.7 Å². The van der Waals surface area contributed by atoms with Crippen LogP contribution in [0, 0.1) is 22.7 Å². The fraction of sp³-hybridized carbons (Fsp3) is 0.846. The van der Waals surface area contributed by atoms with Crippen LogP contribution < -0.4 is 5.32 Å². The average Bonchev–Trinajstić information content (AvgIpc) is 2.75. The molecule has 3 aliphatic carbocycles. The number of unbranched alkanes of at least 4 members (excludes halogenated alkanes) is 1. The summed E-state index contributed by atoms with van der Waals surface area (Å²) in [6.07, 6.45) is 6.99. The van der Waals surface area contributed by atoms with E-state index in [1.54, 1.807) is 0 Å². The van der Waals surface area contributed by atoms with Crippen molar-refractivity contribution < 1.29 is 9.59 Å². The Balaban J connectivity index is 1.52. The molecule has 1 saturated carbocycles. The number of nitrogens with one attached hydrogen (secondary N) is 1. The molecule has 0 radical (unpaired) electrons. The fourth-order valence-electron chi connectivity index (χ4n) is 5.52. The monoisotopic (exact) mass is 446 g/mol. The third-order valence-electron chi connectivity index (χ3n) is 8.04. The molecule has 182 valence electrons. The maximum absolute atomic E-state index is 13.3. The highest BCUT2D eigenvalue weighted by Gasteiger charge is 2.51. The quantitative estimate of drug-likeness (QED) is 0.453. The van der Waals surface area contributed by atoms with E-state index in [0.717, 1.165) is 71.1 Å². The molecule has 0 aromatic rings. The number of piperazine rings is 1. The van der Waals surface area contributed by atoms with Crippen molar-refractivity contribution in [3.05, 3.63) is 11.6 Å². The first-order chi connectivity index (χ1) is 15.0. The van der Waals surface area contributed by atoms with Crippen molar-refractivity contribution in [2.45, 2.75) is 67.2 Å². The number of carbonyl (C=O) groups is 2. The topological polar surface area (TPSA) is 55.9 Å². The zero-order valence-corrected chi connectivity index (χ0v) is 21.4. The van der Waals surface area contributed by atoms with E-state index in [9.17, 15) is 9.59 Å². The van der Waals surface area contributed by atoms with E-state index in [-0.39, 0.29) is 17.4 Å². The summed E-state index contributed by atoms with van der Waals surface area (Å²) in [5, 5.41) is 3.02. The number of allylic oxidation sites excluding steroid dienone is 1. The molecule has 6 nitrogen and oxygen atoms in total. The van der Waals surface area contributed by atoms with E-state index in [1.807, 2.05) is 25.7 Å². The van der Waals surface area contributed by atoms with Gasteiger partial charge in [0.1, 0.15) is 0 Å². The molecule has 6 heteroatoms. The predicted molar refractivity (Wildman–Crippen MR) is 130 cm³/mol. The number of hydrogen-bond donors (Lipinski definition) is 1. The van der Waals surface area contributed by atoms with Gasteiger partial charge in [0, 0.05) is 57.8 Å². The van der Waals surface area contributed by atoms with Crippen LogP contribution in [0.1, 0.15) is 67.2 Å². The van der Waals surface area contributed by atoms with Gasteiger partial charge in [0.15, 0.2) is 0 Å². The summed E-state index contributed by atoms with van der Waals surface area (Å²) >= 11 is 0. The van der Waals surface area contributed by atoms with Crippen LogP contribution in [-0.2, 0) is 4.79 Å². The lowest BCUT2D eigenvalue weighted by atomic mass is 9.49. The molecule has 2 unspecified atom stereocenters. The van der Waals surface area contributed by atoms with Crippen molar-refractivity contribution in [3.63, 3.8) is 0 Å². The van der Waals surface area contributed by atoms with E-state index >= 15 is 0 Å². The van der Waals surface area contributed by atoms with Gasteiger partial charge in [0.05, 0.1) is 0 Å². The molecule has 2 atom stereocenters. The number of amides is 3. The molecule has 4 rings (SSSR count). The lowest BCUT2D eigenvalue weighted by molar-refractivity contribution is -0.139. The van der Waals surface area contributed by atoms with Crippen LogP contribution in [0.15, 0.2) is 11.6 Å². The zero-order valence-electron chi connectivity index (χ0n) is 21.4. The average molecular weight is 447 g/mol. The van der Waals surface area contributed by atoms with Crippen molar-refractivity contribution in [1.29, 1.82) is 0 Å². The van der Waals surface area contributed by atoms with Crippen LogP contribution in [0.2, 0.25) is 0 Å². The van der Waals surface area contributed by atoms with Crippen LogP contribution in [0.4, 0.5) is 4.79 Å². The summed E-state index contributed by atoms with van der Waals surface area (Å²) < 4.78 is 0. The molecule has 2 bridgehead atoms. The standard InChI is InChI=1S/C26H46N4O2/c1-7-8-11-27-24(32)29-15-12-28(13-16-29)14-17-30(23(31)25(2,3)4)19-20-9-10-21-18-22(20)26(21,5)6/h9,21-22H,7-8,10-19H2,1-6H3,(H,27,32). The third-order valence-corrected chi connectivity index (χ3v) is 8.04. The Hall–Kier alpha value is -1.56. The predicted octanol–water partition coefficient (Wildman–Crippen LogP) is 3.98. The lowest BCUT2D eigenvalue weighted by Gasteiger charge is -2.57. The summed E-state index contributed by atoms with van der Waals surface area (Å²) in [4.78, 5) is 32.0. The molecule has 1 aliphatic heterocycles. The second-order valence-electron chi connectivity index (χ2n) is 11.7. The Morgan fingerprint density at radius 1 is 1.19 bits per heavy atom. The number of urea groups is 1. The van der Waals surface area contributed by atoms with Crippen molar-refractivity contribution >= 4 is 11.9 Å². The minimum absolute atomic E-state index is 0.0632. The number of carbonyl (C=O) groups excluding carboxylic acids is 2. The second-order valence-corrected chi connectivity index (χ2v) is 11.7. The highest BCUT2D eigenvalue weighted by molar-refractivity contribution is 5.81. The van der Waals surface area contributed by atoms with Gasteiger partial charge in [0.25, 0.3) is 0 Å². The zero-order chi connectivity index (χ0) is 23.5. The maximum atomic E-state index is 13.3. The Kier molecular flexibility index (Phi) is 7.95. The third kappa shape index (κ3) is 5.67. The molecule has 4 aliphatic rings. The van der Waals surface area contributed by atoms with E-state index in [1.165, 1.54) is 18.4 Å². The molecule has 0 aromatic heterocycles. The summed E-state index contributed by atoms with van der Waals surface area (Å²) in [5.74, 6) is 1.69. The van der Waals surface area contributed by atoms with Crippen LogP contribution in [0.5, 0.6) is 0 Å². The van der Waals surface area contributed by atoms with Crippen LogP contribution >= 0.6 is 0 Å². The Morgan fingerprint density at radius 3 is 2.44 bits per heavy atom. The molecule has 0 spiro atoms. The molecule has 0 aromatic carbocycles. The van der Waals surface area contributed by atoms with Gasteiger partial charge in [0.2, 0.25) is 5.91 Å². The first-order valence-corrected chi connectivity index (χ1v) is 12.8. The smallest absolute Gasteiger partial charge is 0.317 e. The summed E-state index contributed by atoms with van der Waals surface area (Å²) in [5.41, 5.74) is 1.49. The first kappa shape index (κ1) is 25.1. The van der Waals surface area contributed by atoms with Gasteiger partial charge in [-0.1, -0.05) is 59.6 Å². The molecular weight excluding hydrogens is 400 g/mol. The number of hydrogen-bond acceptors (Lipinski definition) is 3. The van der Waals surface area contributed by atoms with Crippen LogP contribution in [0.3, 0.4) is 0 Å². The Morgan fingerprint density at radius 2 is 1.88 bits per heavy atom. The molecule has 32 heavy (non-hydrogen) atoms.